The minimum atomic E-state index is -4.78. The number of aromatic hydroxyl groups is 1. The third kappa shape index (κ3) is 7.53. The molecule has 5 aromatic carbocycles. The summed E-state index contributed by atoms with van der Waals surface area (Å²) >= 11 is 12.7. The molecular formula is C51H38Cl2F3N5O6. The summed E-state index contributed by atoms with van der Waals surface area (Å²) in [7, 11) is 0. The number of hydrazine groups is 1. The van der Waals surface area contributed by atoms with E-state index in [9.17, 15) is 27.9 Å². The molecule has 4 amide bonds. The van der Waals surface area contributed by atoms with E-state index in [-0.39, 0.29) is 30.8 Å². The Morgan fingerprint density at radius 3 is 2.15 bits per heavy atom. The molecule has 6 aromatic rings. The van der Waals surface area contributed by atoms with Crippen LogP contribution in [0, 0.1) is 23.7 Å². The highest BCUT2D eigenvalue weighted by atomic mass is 35.5. The summed E-state index contributed by atoms with van der Waals surface area (Å²) in [5, 5.41) is 15.9. The summed E-state index contributed by atoms with van der Waals surface area (Å²) in [5.41, 5.74) is 3.57. The van der Waals surface area contributed by atoms with Gasteiger partial charge >= 0.3 is 6.18 Å². The third-order valence-corrected chi connectivity index (χ3v) is 13.8. The van der Waals surface area contributed by atoms with Gasteiger partial charge in [-0.3, -0.25) is 29.5 Å². The fourth-order valence-electron chi connectivity index (χ4n) is 10.4. The van der Waals surface area contributed by atoms with E-state index in [4.69, 9.17) is 27.9 Å². The number of hydrogen-bond acceptors (Lipinski definition) is 9. The summed E-state index contributed by atoms with van der Waals surface area (Å²) in [6.07, 6.45) is -2.40. The number of para-hydroxylation sites is 1. The third-order valence-electron chi connectivity index (χ3n) is 13.3. The van der Waals surface area contributed by atoms with E-state index in [0.29, 0.717) is 44.9 Å². The van der Waals surface area contributed by atoms with E-state index in [1.54, 1.807) is 60.7 Å². The number of anilines is 4. The topological polar surface area (TPSA) is 141 Å². The van der Waals surface area contributed by atoms with E-state index < -0.39 is 81.2 Å². The SMILES string of the molecule is O=C1C2CC3C(=CCC4C(=O)N(c5ccc(Nc6ccccc6)cc5)C(=O)C43)C(c3ccc(OCc4ccccc4)cc3O)C2(c2ccc(Cl)cc2)C(=O)N1Nc1ncc(C(F)(F)F)cc1Cl. The quantitative estimate of drug-likeness (QED) is 0.0904. The number of phenols is 1. The lowest BCUT2D eigenvalue weighted by Gasteiger charge is -2.50. The number of phenolic OH excluding ortho intramolecular Hbond substituents is 1. The molecule has 16 heteroatoms. The molecule has 2 saturated heterocycles. The fourth-order valence-corrected chi connectivity index (χ4v) is 10.7. The number of aromatic nitrogens is 1. The number of allylic oxidation sites excluding steroid dienone is 2. The van der Waals surface area contributed by atoms with E-state index in [1.807, 2.05) is 66.7 Å². The van der Waals surface area contributed by atoms with Crippen LogP contribution in [0.2, 0.25) is 10.0 Å². The lowest BCUT2D eigenvalue weighted by atomic mass is 9.49. The largest absolute Gasteiger partial charge is 0.508 e. The average Bonchev–Trinajstić information content (AvgIpc) is 3.70. The zero-order chi connectivity index (χ0) is 46.8. The molecule has 6 atom stereocenters. The Morgan fingerprint density at radius 2 is 1.48 bits per heavy atom. The molecule has 2 aliphatic heterocycles. The number of rotatable bonds is 10. The number of amides is 4. The molecule has 3 heterocycles. The van der Waals surface area contributed by atoms with Gasteiger partial charge in [-0.1, -0.05) is 102 Å². The van der Waals surface area contributed by atoms with Crippen LogP contribution in [0.25, 0.3) is 0 Å². The lowest BCUT2D eigenvalue weighted by molar-refractivity contribution is -0.139. The van der Waals surface area contributed by atoms with E-state index in [1.165, 1.54) is 11.0 Å². The van der Waals surface area contributed by atoms with Crippen molar-refractivity contribution in [1.29, 1.82) is 0 Å². The molecule has 4 aliphatic rings. The molecular weight excluding hydrogens is 906 g/mol. The number of ether oxygens (including phenoxy) is 1. The highest BCUT2D eigenvalue weighted by Gasteiger charge is 2.71. The Balaban J connectivity index is 1.08. The normalized spacial score (nSPS) is 23.4. The summed E-state index contributed by atoms with van der Waals surface area (Å²) in [4.78, 5) is 65.1. The molecule has 11 nitrogen and oxygen atoms in total. The maximum atomic E-state index is 15.6. The number of hydrogen-bond donors (Lipinski definition) is 3. The number of carbonyl (C=O) groups is 4. The van der Waals surface area contributed by atoms with Gasteiger partial charge in [-0.15, -0.1) is 0 Å². The fraction of sp³-hybridized carbons (Fsp3) is 0.196. The molecule has 0 spiro atoms. The van der Waals surface area contributed by atoms with E-state index in [0.717, 1.165) is 16.9 Å². The summed E-state index contributed by atoms with van der Waals surface area (Å²) in [6, 6.07) is 37.5. The molecule has 10 rings (SSSR count). The van der Waals surface area contributed by atoms with Crippen molar-refractivity contribution in [1.82, 2.24) is 9.99 Å². The molecule has 67 heavy (non-hydrogen) atoms. The first-order chi connectivity index (χ1) is 32.2. The summed E-state index contributed by atoms with van der Waals surface area (Å²) < 4.78 is 47.0. The van der Waals surface area contributed by atoms with Gasteiger partial charge in [-0.25, -0.2) is 4.98 Å². The van der Waals surface area contributed by atoms with Crippen LogP contribution in [0.3, 0.4) is 0 Å². The molecule has 338 valence electrons. The number of imide groups is 2. The van der Waals surface area contributed by atoms with Crippen LogP contribution >= 0.6 is 23.2 Å². The Hall–Kier alpha value is -7.16. The van der Waals surface area contributed by atoms with Gasteiger partial charge in [0.25, 0.3) is 11.8 Å². The predicted molar refractivity (Wildman–Crippen MR) is 244 cm³/mol. The van der Waals surface area contributed by atoms with Crippen molar-refractivity contribution in [3.05, 3.63) is 184 Å². The molecule has 3 N–H and O–H groups in total. The van der Waals surface area contributed by atoms with Crippen molar-refractivity contribution >= 4 is 69.7 Å². The smallest absolute Gasteiger partial charge is 0.417 e. The number of benzene rings is 5. The Bertz CT molecular complexity index is 2980. The average molecular weight is 945 g/mol. The van der Waals surface area contributed by atoms with Gasteiger partial charge in [0.15, 0.2) is 5.82 Å². The first kappa shape index (κ1) is 43.7. The van der Waals surface area contributed by atoms with Crippen LogP contribution in [0.15, 0.2) is 151 Å². The zero-order valence-electron chi connectivity index (χ0n) is 35.1. The highest BCUT2D eigenvalue weighted by molar-refractivity contribution is 6.33. The molecule has 0 bridgehead atoms. The molecule has 1 aromatic heterocycles. The van der Waals surface area contributed by atoms with Crippen molar-refractivity contribution in [2.24, 2.45) is 23.7 Å². The second-order valence-corrected chi connectivity index (χ2v) is 17.8. The molecule has 6 unspecified atom stereocenters. The van der Waals surface area contributed by atoms with Gasteiger partial charge in [0.1, 0.15) is 18.1 Å². The van der Waals surface area contributed by atoms with Gasteiger partial charge in [0.05, 0.1) is 39.4 Å². The molecule has 1 saturated carbocycles. The summed E-state index contributed by atoms with van der Waals surface area (Å²) in [6.45, 7) is 0.184. The van der Waals surface area contributed by atoms with E-state index in [2.05, 4.69) is 15.7 Å². The van der Waals surface area contributed by atoms with Crippen LogP contribution in [-0.4, -0.2) is 38.7 Å². The standard InChI is InChI=1S/C51H38Cl2F3N5O6/c52-31-13-11-29(12-14-31)50-40(47(64)61(49(50)66)59-45-41(53)23-30(26-57-45)51(54,55)56)25-39-36(44(50)37-20-19-35(24-42(37)62)67-27-28-7-3-1-4-8-28)21-22-38-43(39)48(65)60(46(38)63)34-17-15-33(16-18-34)58-32-9-5-2-6-10-32/h1-21,23-24,26,38-40,43-44,58,62H,22,25,27H2,(H,57,59). The molecule has 0 radical (unpaired) electrons. The maximum absolute atomic E-state index is 15.6. The maximum Gasteiger partial charge on any atom is 0.417 e. The first-order valence-electron chi connectivity index (χ1n) is 21.4. The summed E-state index contributed by atoms with van der Waals surface area (Å²) in [5.74, 6) is -7.87. The van der Waals surface area contributed by atoms with Crippen molar-refractivity contribution in [3.63, 3.8) is 0 Å². The predicted octanol–water partition coefficient (Wildman–Crippen LogP) is 10.6. The second-order valence-electron chi connectivity index (χ2n) is 17.0. The number of fused-ring (bicyclic) bond motifs is 4. The number of pyridine rings is 1. The Kier molecular flexibility index (Phi) is 11.0. The molecule has 2 aliphatic carbocycles. The van der Waals surface area contributed by atoms with Crippen LogP contribution in [0.4, 0.5) is 36.1 Å². The van der Waals surface area contributed by atoms with E-state index >= 15 is 9.59 Å². The minimum absolute atomic E-state index is 0.102. The van der Waals surface area contributed by atoms with Gasteiger partial charge in [0.2, 0.25) is 11.8 Å². The number of carbonyl (C=O) groups excluding carboxylic acids is 4. The van der Waals surface area contributed by atoms with Gasteiger partial charge < -0.3 is 15.2 Å². The second kappa shape index (κ2) is 16.9. The number of nitrogens with zero attached hydrogens (tertiary/aromatic N) is 3. The lowest BCUT2D eigenvalue weighted by Crippen LogP contribution is -2.53. The number of nitrogens with one attached hydrogen (secondary N) is 2. The van der Waals surface area contributed by atoms with Crippen LogP contribution in [0.5, 0.6) is 11.5 Å². The van der Waals surface area contributed by atoms with Crippen LogP contribution < -0.4 is 20.4 Å². The monoisotopic (exact) mass is 943 g/mol. The Labute approximate surface area is 391 Å². The van der Waals surface area contributed by atoms with Crippen molar-refractivity contribution in [2.75, 3.05) is 15.6 Å². The van der Waals surface area contributed by atoms with Crippen molar-refractivity contribution < 1.29 is 42.2 Å². The van der Waals surface area contributed by atoms with Gasteiger partial charge in [-0.2, -0.15) is 18.2 Å². The first-order valence-corrected chi connectivity index (χ1v) is 22.1. The minimum Gasteiger partial charge on any atom is -0.508 e. The van der Waals surface area contributed by atoms with Crippen molar-refractivity contribution in [3.8, 4) is 11.5 Å². The highest BCUT2D eigenvalue weighted by Crippen LogP contribution is 2.65. The number of alkyl halides is 3. The van der Waals surface area contributed by atoms with Gasteiger partial charge in [-0.05, 0) is 90.6 Å². The van der Waals surface area contributed by atoms with Crippen LogP contribution in [-0.2, 0) is 37.4 Å². The van der Waals surface area contributed by atoms with Crippen molar-refractivity contribution in [2.45, 2.75) is 37.0 Å². The molecule has 3 fully saturated rings. The van der Waals surface area contributed by atoms with Crippen LogP contribution in [0.1, 0.15) is 41.0 Å². The van der Waals surface area contributed by atoms with Gasteiger partial charge in [0, 0.05) is 40.1 Å². The zero-order valence-corrected chi connectivity index (χ0v) is 36.6. The number of halogens is 5. The Morgan fingerprint density at radius 1 is 0.791 bits per heavy atom.